The lowest BCUT2D eigenvalue weighted by atomic mass is 9.70. The smallest absolute Gasteiger partial charge is 0.137 e. The molecule has 1 spiro atoms. The molecule has 2 nitrogen and oxygen atoms in total. The van der Waals surface area contributed by atoms with Gasteiger partial charge in [-0.15, -0.1) is 0 Å². The Balaban J connectivity index is 1.08. The van der Waals surface area contributed by atoms with Crippen LogP contribution in [0.1, 0.15) is 22.3 Å². The molecule has 14 rings (SSSR count). The van der Waals surface area contributed by atoms with E-state index in [1.807, 2.05) is 6.07 Å². The van der Waals surface area contributed by atoms with Gasteiger partial charge in [0, 0.05) is 33.8 Å². The van der Waals surface area contributed by atoms with E-state index in [0.29, 0.717) is 0 Å². The molecule has 0 atom stereocenters. The Labute approximate surface area is 376 Å². The van der Waals surface area contributed by atoms with Crippen LogP contribution in [0.5, 0.6) is 0 Å². The summed E-state index contributed by atoms with van der Waals surface area (Å²) in [5.74, 6) is 0. The fraction of sp³-hybridized carbons (Fsp3) is 0.0159. The van der Waals surface area contributed by atoms with Crippen molar-refractivity contribution in [2.75, 3.05) is 4.90 Å². The van der Waals surface area contributed by atoms with E-state index in [0.717, 1.165) is 50.1 Å². The van der Waals surface area contributed by atoms with Crippen LogP contribution in [0.15, 0.2) is 241 Å². The van der Waals surface area contributed by atoms with Crippen LogP contribution >= 0.6 is 0 Å². The molecule has 2 aliphatic carbocycles. The molecule has 1 heterocycles. The highest BCUT2D eigenvalue weighted by Crippen LogP contribution is 2.63. The van der Waals surface area contributed by atoms with Crippen molar-refractivity contribution in [2.45, 2.75) is 5.41 Å². The first-order valence-electron chi connectivity index (χ1n) is 22.5. The maximum atomic E-state index is 6.66. The highest BCUT2D eigenvalue weighted by atomic mass is 16.3. The third-order valence-electron chi connectivity index (χ3n) is 14.2. The predicted molar refractivity (Wildman–Crippen MR) is 271 cm³/mol. The molecular formula is C63H39NO. The summed E-state index contributed by atoms with van der Waals surface area (Å²) in [6.45, 7) is 0. The Morgan fingerprint density at radius 3 is 1.51 bits per heavy atom. The fourth-order valence-electron chi connectivity index (χ4n) is 11.5. The number of anilines is 3. The van der Waals surface area contributed by atoms with E-state index in [-0.39, 0.29) is 0 Å². The zero-order valence-electron chi connectivity index (χ0n) is 35.4. The zero-order chi connectivity index (χ0) is 42.6. The van der Waals surface area contributed by atoms with Crippen LogP contribution in [0, 0.1) is 0 Å². The van der Waals surface area contributed by atoms with Gasteiger partial charge in [0.05, 0.1) is 11.1 Å². The van der Waals surface area contributed by atoms with Crippen molar-refractivity contribution in [1.29, 1.82) is 0 Å². The van der Waals surface area contributed by atoms with Crippen LogP contribution in [-0.4, -0.2) is 0 Å². The number of rotatable bonds is 5. The fourth-order valence-corrected chi connectivity index (χ4v) is 11.5. The van der Waals surface area contributed by atoms with Crippen LogP contribution < -0.4 is 4.90 Å². The molecule has 0 bridgehead atoms. The first-order valence-corrected chi connectivity index (χ1v) is 22.5. The summed E-state index contributed by atoms with van der Waals surface area (Å²) in [6, 6.07) is 87.4. The molecule has 1 aromatic heterocycles. The van der Waals surface area contributed by atoms with Gasteiger partial charge in [-0.3, -0.25) is 0 Å². The number of hydrogen-bond acceptors (Lipinski definition) is 2. The van der Waals surface area contributed by atoms with Gasteiger partial charge in [0.15, 0.2) is 0 Å². The minimum absolute atomic E-state index is 0.488. The van der Waals surface area contributed by atoms with Crippen molar-refractivity contribution in [3.63, 3.8) is 0 Å². The van der Waals surface area contributed by atoms with Gasteiger partial charge in [0.25, 0.3) is 0 Å². The van der Waals surface area contributed by atoms with Gasteiger partial charge in [-0.05, 0) is 131 Å². The third-order valence-corrected chi connectivity index (χ3v) is 14.2. The molecule has 0 saturated carbocycles. The summed E-state index contributed by atoms with van der Waals surface area (Å²) in [4.78, 5) is 2.48. The van der Waals surface area contributed by atoms with Crippen molar-refractivity contribution in [2.24, 2.45) is 0 Å². The average Bonchev–Trinajstić information content (AvgIpc) is 4.00. The van der Waals surface area contributed by atoms with Crippen molar-refractivity contribution in [3.8, 4) is 44.5 Å². The lowest BCUT2D eigenvalue weighted by molar-refractivity contribution is 0.669. The van der Waals surface area contributed by atoms with Gasteiger partial charge in [-0.25, -0.2) is 0 Å². The van der Waals surface area contributed by atoms with E-state index in [9.17, 15) is 0 Å². The van der Waals surface area contributed by atoms with E-state index in [1.54, 1.807) is 0 Å². The highest BCUT2D eigenvalue weighted by molar-refractivity contribution is 6.07. The van der Waals surface area contributed by atoms with Gasteiger partial charge in [0.1, 0.15) is 11.2 Å². The number of hydrogen-bond donors (Lipinski definition) is 0. The molecule has 0 unspecified atom stereocenters. The van der Waals surface area contributed by atoms with E-state index in [1.165, 1.54) is 77.2 Å². The number of fused-ring (bicyclic) bond motifs is 15. The quantitative estimate of drug-likeness (QED) is 0.172. The monoisotopic (exact) mass is 825 g/mol. The molecule has 302 valence electrons. The van der Waals surface area contributed by atoms with E-state index < -0.39 is 5.41 Å². The van der Waals surface area contributed by atoms with Crippen molar-refractivity contribution < 1.29 is 4.42 Å². The molecule has 0 fully saturated rings. The molecular weight excluding hydrogens is 787 g/mol. The lowest BCUT2D eigenvalue weighted by Crippen LogP contribution is -2.26. The first-order chi connectivity index (χ1) is 32.2. The number of benzene rings is 11. The highest BCUT2D eigenvalue weighted by Gasteiger charge is 2.51. The van der Waals surface area contributed by atoms with Crippen molar-refractivity contribution in [1.82, 2.24) is 0 Å². The largest absolute Gasteiger partial charge is 0.456 e. The molecule has 2 heteroatoms. The Hall–Kier alpha value is -8.46. The molecule has 0 radical (unpaired) electrons. The SMILES string of the molecule is c1ccc2c(c1)-c1ccccc1C21c2ccccc2-c2ccc(N(c3ccc4c(c3)oc3ccccc34)c3cccc(-c4ccc5ccccc5c4)c3-c3ccc4ccccc4c3)cc21. The van der Waals surface area contributed by atoms with Crippen LogP contribution in [0.3, 0.4) is 0 Å². The molecule has 0 amide bonds. The normalized spacial score (nSPS) is 13.0. The van der Waals surface area contributed by atoms with Crippen LogP contribution in [-0.2, 0) is 5.41 Å². The minimum Gasteiger partial charge on any atom is -0.456 e. The topological polar surface area (TPSA) is 16.4 Å². The van der Waals surface area contributed by atoms with Crippen molar-refractivity contribution >= 4 is 60.5 Å². The van der Waals surface area contributed by atoms with Crippen LogP contribution in [0.2, 0.25) is 0 Å². The Morgan fingerprint density at radius 1 is 0.308 bits per heavy atom. The first kappa shape index (κ1) is 36.1. The Morgan fingerprint density at radius 2 is 0.815 bits per heavy atom. The summed E-state index contributed by atoms with van der Waals surface area (Å²) >= 11 is 0. The molecule has 0 saturated heterocycles. The number of furan rings is 1. The zero-order valence-corrected chi connectivity index (χ0v) is 35.4. The summed E-state index contributed by atoms with van der Waals surface area (Å²) in [5, 5.41) is 7.08. The van der Waals surface area contributed by atoms with E-state index >= 15 is 0 Å². The van der Waals surface area contributed by atoms with Gasteiger partial charge in [0.2, 0.25) is 0 Å². The Bertz CT molecular complexity index is 3860. The van der Waals surface area contributed by atoms with Gasteiger partial charge >= 0.3 is 0 Å². The predicted octanol–water partition coefficient (Wildman–Crippen LogP) is 17.0. The minimum atomic E-state index is -0.488. The molecule has 2 aliphatic rings. The molecule has 0 N–H and O–H groups in total. The van der Waals surface area contributed by atoms with Crippen LogP contribution in [0.25, 0.3) is 88.0 Å². The molecule has 0 aliphatic heterocycles. The van der Waals surface area contributed by atoms with E-state index in [2.05, 4.69) is 235 Å². The summed E-state index contributed by atoms with van der Waals surface area (Å²) < 4.78 is 6.66. The molecule has 11 aromatic carbocycles. The van der Waals surface area contributed by atoms with E-state index in [4.69, 9.17) is 4.42 Å². The molecule has 65 heavy (non-hydrogen) atoms. The van der Waals surface area contributed by atoms with Gasteiger partial charge < -0.3 is 9.32 Å². The summed E-state index contributed by atoms with van der Waals surface area (Å²) in [7, 11) is 0. The van der Waals surface area contributed by atoms with Gasteiger partial charge in [-0.1, -0.05) is 182 Å². The maximum Gasteiger partial charge on any atom is 0.137 e. The lowest BCUT2D eigenvalue weighted by Gasteiger charge is -2.33. The summed E-state index contributed by atoms with van der Waals surface area (Å²) in [6.07, 6.45) is 0. The third kappa shape index (κ3) is 5.17. The molecule has 12 aromatic rings. The maximum absolute atomic E-state index is 6.66. The number of nitrogens with zero attached hydrogens (tertiary/aromatic N) is 1. The second kappa shape index (κ2) is 13.8. The standard InChI is InChI=1S/C63H39NO/c1-3-16-42-36-44(30-28-40(42)14-1)48-22-13-26-59(62(48)45-31-29-41-15-2-4-17-43(41)37-45)64(47-33-35-54-53-21-8-12-27-60(53)65-61(54)39-47)46-32-34-52-51-20-7-11-25-57(51)63(58(52)38-46)55-23-9-5-18-49(55)50-19-6-10-24-56(50)63/h1-39H. The number of para-hydroxylation sites is 1. The second-order valence-electron chi connectivity index (χ2n) is 17.6. The summed E-state index contributed by atoms with van der Waals surface area (Å²) in [5.41, 5.74) is 19.5. The van der Waals surface area contributed by atoms with Crippen molar-refractivity contribution in [3.05, 3.63) is 259 Å². The van der Waals surface area contributed by atoms with Crippen LogP contribution in [0.4, 0.5) is 17.1 Å². The average molecular weight is 826 g/mol. The second-order valence-corrected chi connectivity index (χ2v) is 17.6. The Kier molecular flexibility index (Phi) is 7.64. The van der Waals surface area contributed by atoms with Gasteiger partial charge in [-0.2, -0.15) is 0 Å².